The monoisotopic (exact) mass is 483 g/mol. The first-order chi connectivity index (χ1) is 16.0. The summed E-state index contributed by atoms with van der Waals surface area (Å²) in [5.41, 5.74) is 8.98. The predicted molar refractivity (Wildman–Crippen MR) is 132 cm³/mol. The van der Waals surface area contributed by atoms with Crippen LogP contribution in [0.15, 0.2) is 47.3 Å². The van der Waals surface area contributed by atoms with Crippen LogP contribution in [-0.2, 0) is 7.05 Å². The molecule has 0 atom stereocenters. The Kier molecular flexibility index (Phi) is 6.71. The number of aliphatic hydroxyl groups is 1. The van der Waals surface area contributed by atoms with Gasteiger partial charge in [-0.1, -0.05) is 0 Å². The lowest BCUT2D eigenvalue weighted by Gasteiger charge is -2.34. The maximum atomic E-state index is 13.1. The number of benzene rings is 1. The fraction of sp³-hybridized carbons (Fsp3) is 0.304. The van der Waals surface area contributed by atoms with Crippen LogP contribution in [0.3, 0.4) is 0 Å². The van der Waals surface area contributed by atoms with E-state index in [-0.39, 0.29) is 30.6 Å². The summed E-state index contributed by atoms with van der Waals surface area (Å²) >= 11 is 0. The van der Waals surface area contributed by atoms with Crippen molar-refractivity contribution in [2.75, 3.05) is 35.6 Å². The summed E-state index contributed by atoms with van der Waals surface area (Å²) in [6.07, 6.45) is 6.59. The molecular weight excluding hydrogens is 458 g/mol. The van der Waals surface area contributed by atoms with Crippen LogP contribution in [0.25, 0.3) is 22.4 Å². The van der Waals surface area contributed by atoms with Crippen LogP contribution < -0.4 is 16.0 Å². The number of aliphatic hydroxyl groups excluding tert-OH is 1. The Morgan fingerprint density at radius 1 is 1.29 bits per heavy atom. The number of hydrogen-bond acceptors (Lipinski definition) is 8. The first kappa shape index (κ1) is 23.5. The molecule has 10 nitrogen and oxygen atoms in total. The molecule has 4 heterocycles. The molecular formula is C23H26ClN7O3. The van der Waals surface area contributed by atoms with E-state index in [0.29, 0.717) is 28.9 Å². The molecule has 1 aliphatic rings. The van der Waals surface area contributed by atoms with Gasteiger partial charge in [0, 0.05) is 50.1 Å². The van der Waals surface area contributed by atoms with E-state index in [1.54, 1.807) is 23.0 Å². The number of nitrogens with one attached hydrogen (secondary N) is 1. The zero-order chi connectivity index (χ0) is 22.9. The summed E-state index contributed by atoms with van der Waals surface area (Å²) in [6.45, 7) is 1.79. The number of rotatable bonds is 5. The molecule has 1 amide bonds. The third-order valence-corrected chi connectivity index (χ3v) is 5.96. The SMILES string of the molecule is Cl.Cn1cc2cc(NC(=O)c3coc(-c4ccnc(N)c4)n3)c(N3CCC(CO)CC3)cc2n1. The molecule has 178 valence electrons. The Bertz CT molecular complexity index is 1310. The van der Waals surface area contributed by atoms with E-state index in [1.165, 1.54) is 6.26 Å². The Morgan fingerprint density at radius 3 is 2.82 bits per heavy atom. The number of fused-ring (bicyclic) bond motifs is 1. The zero-order valence-corrected chi connectivity index (χ0v) is 19.5. The van der Waals surface area contributed by atoms with Gasteiger partial charge in [-0.25, -0.2) is 9.97 Å². The van der Waals surface area contributed by atoms with Crippen molar-refractivity contribution >= 4 is 46.4 Å². The number of oxazole rings is 1. The second-order valence-corrected chi connectivity index (χ2v) is 8.31. The number of aryl methyl sites for hydroxylation is 1. The molecule has 0 aliphatic carbocycles. The minimum absolute atomic E-state index is 0. The van der Waals surface area contributed by atoms with Gasteiger partial charge in [-0.15, -0.1) is 12.4 Å². The van der Waals surface area contributed by atoms with Crippen LogP contribution in [0.2, 0.25) is 0 Å². The van der Waals surface area contributed by atoms with Crippen LogP contribution in [0.1, 0.15) is 23.3 Å². The second-order valence-electron chi connectivity index (χ2n) is 8.31. The number of hydrogen-bond donors (Lipinski definition) is 3. The van der Waals surface area contributed by atoms with Crippen molar-refractivity contribution in [2.45, 2.75) is 12.8 Å². The van der Waals surface area contributed by atoms with Gasteiger partial charge in [0.15, 0.2) is 5.69 Å². The third kappa shape index (κ3) is 4.68. The van der Waals surface area contributed by atoms with E-state index < -0.39 is 0 Å². The standard InChI is InChI=1S/C23H25N7O3.ClH/c1-29-11-16-8-18(20(10-17(16)28-29)30-6-3-14(12-31)4-7-30)26-22(32)19-13-33-23(27-19)15-2-5-25-21(24)9-15;/h2,5,8-11,13-14,31H,3-4,6-7,12H2,1H3,(H2,24,25)(H,26,32);1H. The third-order valence-electron chi connectivity index (χ3n) is 5.96. The van der Waals surface area contributed by atoms with E-state index in [4.69, 9.17) is 10.2 Å². The number of nitrogens with zero attached hydrogens (tertiary/aromatic N) is 5. The van der Waals surface area contributed by atoms with E-state index in [2.05, 4.69) is 25.3 Å². The van der Waals surface area contributed by atoms with Crippen molar-refractivity contribution in [1.29, 1.82) is 0 Å². The van der Waals surface area contributed by atoms with Gasteiger partial charge < -0.3 is 25.5 Å². The van der Waals surface area contributed by atoms with Crippen LogP contribution in [-0.4, -0.2) is 50.5 Å². The summed E-state index contributed by atoms with van der Waals surface area (Å²) < 4.78 is 7.26. The van der Waals surface area contributed by atoms with E-state index >= 15 is 0 Å². The Balaban J connectivity index is 0.00000274. The highest BCUT2D eigenvalue weighted by atomic mass is 35.5. The molecule has 1 aromatic carbocycles. The van der Waals surface area contributed by atoms with Crippen LogP contribution >= 0.6 is 12.4 Å². The molecule has 0 radical (unpaired) electrons. The summed E-state index contributed by atoms with van der Waals surface area (Å²) in [6, 6.07) is 7.28. The lowest BCUT2D eigenvalue weighted by Crippen LogP contribution is -2.35. The Hall–Kier alpha value is -3.63. The zero-order valence-electron chi connectivity index (χ0n) is 18.6. The maximum absolute atomic E-state index is 13.1. The molecule has 0 unspecified atom stereocenters. The van der Waals surface area contributed by atoms with Crippen molar-refractivity contribution in [3.8, 4) is 11.5 Å². The van der Waals surface area contributed by atoms with Crippen LogP contribution in [0.5, 0.6) is 0 Å². The molecule has 1 aliphatic heterocycles. The lowest BCUT2D eigenvalue weighted by atomic mass is 9.97. The number of nitrogen functional groups attached to an aromatic ring is 1. The van der Waals surface area contributed by atoms with E-state index in [1.807, 2.05) is 25.4 Å². The molecule has 1 fully saturated rings. The molecule has 4 N–H and O–H groups in total. The number of piperidine rings is 1. The van der Waals surface area contributed by atoms with Gasteiger partial charge in [-0.3, -0.25) is 9.48 Å². The molecule has 11 heteroatoms. The maximum Gasteiger partial charge on any atom is 0.277 e. The highest BCUT2D eigenvalue weighted by Gasteiger charge is 2.23. The highest BCUT2D eigenvalue weighted by molar-refractivity contribution is 6.06. The molecule has 4 aromatic rings. The number of aromatic nitrogens is 4. The van der Waals surface area contributed by atoms with Crippen LogP contribution in [0, 0.1) is 5.92 Å². The molecule has 0 bridgehead atoms. The van der Waals surface area contributed by atoms with Gasteiger partial charge in [-0.2, -0.15) is 5.10 Å². The Labute approximate surface area is 202 Å². The summed E-state index contributed by atoms with van der Waals surface area (Å²) in [5.74, 6) is 0.578. The number of carbonyl (C=O) groups is 1. The van der Waals surface area contributed by atoms with Gasteiger partial charge in [-0.05, 0) is 43.0 Å². The van der Waals surface area contributed by atoms with Gasteiger partial charge in [0.25, 0.3) is 5.91 Å². The molecule has 0 spiro atoms. The number of pyridine rings is 1. The molecule has 5 rings (SSSR count). The summed E-state index contributed by atoms with van der Waals surface area (Å²) in [5, 5.41) is 17.9. The average Bonchev–Trinajstić information content (AvgIpc) is 3.45. The first-order valence-corrected chi connectivity index (χ1v) is 10.8. The largest absolute Gasteiger partial charge is 0.444 e. The molecule has 3 aromatic heterocycles. The smallest absolute Gasteiger partial charge is 0.277 e. The van der Waals surface area contributed by atoms with Crippen molar-refractivity contribution in [3.05, 3.63) is 48.6 Å². The Morgan fingerprint density at radius 2 is 2.09 bits per heavy atom. The van der Waals surface area contributed by atoms with Crippen molar-refractivity contribution in [2.24, 2.45) is 13.0 Å². The number of anilines is 3. The first-order valence-electron chi connectivity index (χ1n) is 10.8. The molecule has 34 heavy (non-hydrogen) atoms. The minimum Gasteiger partial charge on any atom is -0.444 e. The number of halogens is 1. The minimum atomic E-state index is -0.373. The number of nitrogens with two attached hydrogens (primary N) is 1. The van der Waals surface area contributed by atoms with Gasteiger partial charge >= 0.3 is 0 Å². The summed E-state index contributed by atoms with van der Waals surface area (Å²) in [4.78, 5) is 23.6. The fourth-order valence-corrected chi connectivity index (χ4v) is 4.18. The van der Waals surface area contributed by atoms with Crippen molar-refractivity contribution < 1.29 is 14.3 Å². The van der Waals surface area contributed by atoms with Gasteiger partial charge in [0.2, 0.25) is 5.89 Å². The quantitative estimate of drug-likeness (QED) is 0.394. The van der Waals surface area contributed by atoms with Crippen molar-refractivity contribution in [1.82, 2.24) is 19.7 Å². The van der Waals surface area contributed by atoms with E-state index in [0.717, 1.165) is 42.5 Å². The summed E-state index contributed by atoms with van der Waals surface area (Å²) in [7, 11) is 1.87. The van der Waals surface area contributed by atoms with Gasteiger partial charge in [0.1, 0.15) is 12.1 Å². The lowest BCUT2D eigenvalue weighted by molar-refractivity contribution is 0.102. The van der Waals surface area contributed by atoms with E-state index in [9.17, 15) is 9.90 Å². The molecule has 1 saturated heterocycles. The average molecular weight is 484 g/mol. The van der Waals surface area contributed by atoms with Gasteiger partial charge in [0.05, 0.1) is 16.9 Å². The van der Waals surface area contributed by atoms with Crippen molar-refractivity contribution in [3.63, 3.8) is 0 Å². The second kappa shape index (κ2) is 9.70. The predicted octanol–water partition coefficient (Wildman–Crippen LogP) is 3.09. The normalized spacial score (nSPS) is 14.2. The fourth-order valence-electron chi connectivity index (χ4n) is 4.18. The highest BCUT2D eigenvalue weighted by Crippen LogP contribution is 2.34. The topological polar surface area (TPSA) is 135 Å². The van der Waals surface area contributed by atoms with Crippen LogP contribution in [0.4, 0.5) is 17.2 Å². The molecule has 0 saturated carbocycles. The number of carbonyl (C=O) groups excluding carboxylic acids is 1. The number of amides is 1.